The number of hydrogen-bond donors (Lipinski definition) is 1. The van der Waals surface area contributed by atoms with Gasteiger partial charge in [-0.2, -0.15) is 0 Å². The SMILES string of the molecule is Cc1c(C(C)N)nnn1-c1cc(Br)ccc1Cl. The van der Waals surface area contributed by atoms with Crippen LogP contribution in [-0.4, -0.2) is 15.0 Å². The van der Waals surface area contributed by atoms with Crippen molar-refractivity contribution < 1.29 is 0 Å². The Bertz CT molecular complexity index is 550. The van der Waals surface area contributed by atoms with Crippen molar-refractivity contribution in [3.8, 4) is 5.69 Å². The molecule has 0 saturated carbocycles. The first kappa shape index (κ1) is 12.5. The molecule has 0 saturated heterocycles. The maximum Gasteiger partial charge on any atom is 0.102 e. The molecule has 0 aliphatic carbocycles. The highest BCUT2D eigenvalue weighted by atomic mass is 79.9. The second-order valence-electron chi connectivity index (χ2n) is 3.86. The number of nitrogens with zero attached hydrogens (tertiary/aromatic N) is 3. The maximum atomic E-state index is 6.15. The Kier molecular flexibility index (Phi) is 3.51. The van der Waals surface area contributed by atoms with E-state index >= 15 is 0 Å². The molecule has 0 radical (unpaired) electrons. The minimum absolute atomic E-state index is 0.144. The van der Waals surface area contributed by atoms with Gasteiger partial charge in [0.15, 0.2) is 0 Å². The van der Waals surface area contributed by atoms with Gasteiger partial charge in [0, 0.05) is 10.5 Å². The standard InChI is InChI=1S/C11H12BrClN4/c1-6(14)11-7(2)17(16-15-11)10-5-8(12)3-4-9(10)13/h3-6H,14H2,1-2H3. The summed E-state index contributed by atoms with van der Waals surface area (Å²) in [7, 11) is 0. The molecule has 1 heterocycles. The van der Waals surface area contributed by atoms with Crippen molar-refractivity contribution in [3.63, 3.8) is 0 Å². The number of rotatable bonds is 2. The molecule has 0 bridgehead atoms. The summed E-state index contributed by atoms with van der Waals surface area (Å²) in [4.78, 5) is 0. The van der Waals surface area contributed by atoms with Crippen LogP contribution >= 0.6 is 27.5 Å². The molecule has 2 rings (SSSR count). The van der Waals surface area contributed by atoms with Crippen molar-refractivity contribution in [2.24, 2.45) is 5.73 Å². The van der Waals surface area contributed by atoms with E-state index in [1.807, 2.05) is 32.0 Å². The lowest BCUT2D eigenvalue weighted by Crippen LogP contribution is -2.08. The summed E-state index contributed by atoms with van der Waals surface area (Å²) in [5.41, 5.74) is 8.29. The van der Waals surface area contributed by atoms with Gasteiger partial charge >= 0.3 is 0 Å². The fraction of sp³-hybridized carbons (Fsp3) is 0.273. The molecule has 0 spiro atoms. The average Bonchev–Trinajstić information content (AvgIpc) is 2.64. The van der Waals surface area contributed by atoms with Crippen LogP contribution in [0.2, 0.25) is 5.02 Å². The van der Waals surface area contributed by atoms with Crippen molar-refractivity contribution in [1.29, 1.82) is 0 Å². The Labute approximate surface area is 113 Å². The summed E-state index contributed by atoms with van der Waals surface area (Å²) in [6, 6.07) is 5.45. The summed E-state index contributed by atoms with van der Waals surface area (Å²) in [6.45, 7) is 3.81. The minimum atomic E-state index is -0.144. The van der Waals surface area contributed by atoms with E-state index in [1.54, 1.807) is 4.68 Å². The number of benzene rings is 1. The van der Waals surface area contributed by atoms with Gasteiger partial charge in [-0.1, -0.05) is 32.7 Å². The molecule has 0 aliphatic heterocycles. The first-order chi connectivity index (χ1) is 8.00. The summed E-state index contributed by atoms with van der Waals surface area (Å²) in [6.07, 6.45) is 0. The molecular weight excluding hydrogens is 304 g/mol. The molecule has 6 heteroatoms. The van der Waals surface area contributed by atoms with Gasteiger partial charge in [0.2, 0.25) is 0 Å². The van der Waals surface area contributed by atoms with Crippen LogP contribution in [0.25, 0.3) is 5.69 Å². The van der Waals surface area contributed by atoms with Crippen LogP contribution in [-0.2, 0) is 0 Å². The topological polar surface area (TPSA) is 56.7 Å². The molecule has 1 atom stereocenters. The van der Waals surface area contributed by atoms with Crippen LogP contribution in [0.5, 0.6) is 0 Å². The number of aromatic nitrogens is 3. The first-order valence-corrected chi connectivity index (χ1v) is 6.31. The highest BCUT2D eigenvalue weighted by molar-refractivity contribution is 9.10. The molecule has 2 aromatic rings. The van der Waals surface area contributed by atoms with Crippen LogP contribution in [0.3, 0.4) is 0 Å². The zero-order chi connectivity index (χ0) is 12.6. The lowest BCUT2D eigenvalue weighted by atomic mass is 10.2. The molecule has 2 N–H and O–H groups in total. The van der Waals surface area contributed by atoms with Gasteiger partial charge in [-0.05, 0) is 32.0 Å². The Balaban J connectivity index is 2.57. The Hall–Kier alpha value is -0.910. The lowest BCUT2D eigenvalue weighted by molar-refractivity contribution is 0.756. The van der Waals surface area contributed by atoms with E-state index in [4.69, 9.17) is 17.3 Å². The van der Waals surface area contributed by atoms with Gasteiger partial charge < -0.3 is 5.73 Å². The third-order valence-electron chi connectivity index (χ3n) is 2.50. The maximum absolute atomic E-state index is 6.15. The Morgan fingerprint density at radius 3 is 2.76 bits per heavy atom. The molecular formula is C11H12BrClN4. The third-order valence-corrected chi connectivity index (χ3v) is 3.31. The van der Waals surface area contributed by atoms with Gasteiger partial charge in [0.25, 0.3) is 0 Å². The molecule has 0 aliphatic rings. The van der Waals surface area contributed by atoms with E-state index in [0.717, 1.165) is 21.5 Å². The van der Waals surface area contributed by atoms with Crippen molar-refractivity contribution in [2.75, 3.05) is 0 Å². The summed E-state index contributed by atoms with van der Waals surface area (Å²) >= 11 is 9.56. The molecule has 0 amide bonds. The molecule has 1 unspecified atom stereocenters. The van der Waals surface area contributed by atoms with Crippen molar-refractivity contribution in [2.45, 2.75) is 19.9 Å². The monoisotopic (exact) mass is 314 g/mol. The second-order valence-corrected chi connectivity index (χ2v) is 5.18. The lowest BCUT2D eigenvalue weighted by Gasteiger charge is -2.07. The number of hydrogen-bond acceptors (Lipinski definition) is 3. The van der Waals surface area contributed by atoms with Gasteiger partial charge in [0.05, 0.1) is 16.4 Å². The molecule has 1 aromatic carbocycles. The molecule has 4 nitrogen and oxygen atoms in total. The van der Waals surface area contributed by atoms with E-state index in [9.17, 15) is 0 Å². The highest BCUT2D eigenvalue weighted by Crippen LogP contribution is 2.26. The van der Waals surface area contributed by atoms with E-state index in [2.05, 4.69) is 26.2 Å². The quantitative estimate of drug-likeness (QED) is 0.927. The average molecular weight is 316 g/mol. The van der Waals surface area contributed by atoms with Crippen LogP contribution in [0.1, 0.15) is 24.4 Å². The van der Waals surface area contributed by atoms with Gasteiger partial charge in [-0.3, -0.25) is 0 Å². The summed E-state index contributed by atoms with van der Waals surface area (Å²) < 4.78 is 2.64. The molecule has 1 aromatic heterocycles. The number of halogens is 2. The fourth-order valence-corrected chi connectivity index (χ4v) is 2.18. The highest BCUT2D eigenvalue weighted by Gasteiger charge is 2.15. The summed E-state index contributed by atoms with van der Waals surface area (Å²) in [5, 5.41) is 8.79. The molecule has 0 fully saturated rings. The normalized spacial score (nSPS) is 12.8. The largest absolute Gasteiger partial charge is 0.323 e. The Morgan fingerprint density at radius 1 is 1.47 bits per heavy atom. The smallest absolute Gasteiger partial charge is 0.102 e. The van der Waals surface area contributed by atoms with Crippen molar-refractivity contribution >= 4 is 27.5 Å². The number of nitrogens with two attached hydrogens (primary N) is 1. The van der Waals surface area contributed by atoms with Crippen molar-refractivity contribution in [3.05, 3.63) is 39.1 Å². The zero-order valence-corrected chi connectivity index (χ0v) is 11.8. The van der Waals surface area contributed by atoms with E-state index in [1.165, 1.54) is 0 Å². The second kappa shape index (κ2) is 4.76. The minimum Gasteiger partial charge on any atom is -0.323 e. The van der Waals surface area contributed by atoms with Crippen LogP contribution in [0, 0.1) is 6.92 Å². The third kappa shape index (κ3) is 2.36. The predicted octanol–water partition coefficient (Wildman–Crippen LogP) is 3.01. The predicted molar refractivity (Wildman–Crippen MR) is 71.4 cm³/mol. The van der Waals surface area contributed by atoms with Gasteiger partial charge in [-0.25, -0.2) is 4.68 Å². The van der Waals surface area contributed by atoms with E-state index < -0.39 is 0 Å². The van der Waals surface area contributed by atoms with Gasteiger partial charge in [-0.15, -0.1) is 5.10 Å². The first-order valence-electron chi connectivity index (χ1n) is 5.14. The van der Waals surface area contributed by atoms with E-state index in [-0.39, 0.29) is 6.04 Å². The van der Waals surface area contributed by atoms with Crippen LogP contribution < -0.4 is 5.73 Å². The molecule has 90 valence electrons. The zero-order valence-electron chi connectivity index (χ0n) is 9.48. The van der Waals surface area contributed by atoms with Crippen LogP contribution in [0.4, 0.5) is 0 Å². The molecule has 17 heavy (non-hydrogen) atoms. The van der Waals surface area contributed by atoms with Crippen molar-refractivity contribution in [1.82, 2.24) is 15.0 Å². The summed E-state index contributed by atoms with van der Waals surface area (Å²) in [5.74, 6) is 0. The van der Waals surface area contributed by atoms with E-state index in [0.29, 0.717) is 5.02 Å². The Morgan fingerprint density at radius 2 is 2.18 bits per heavy atom. The van der Waals surface area contributed by atoms with Crippen LogP contribution in [0.15, 0.2) is 22.7 Å². The van der Waals surface area contributed by atoms with Gasteiger partial charge in [0.1, 0.15) is 5.69 Å². The fourth-order valence-electron chi connectivity index (χ4n) is 1.64.